The van der Waals surface area contributed by atoms with Gasteiger partial charge in [-0.15, -0.1) is 0 Å². The van der Waals surface area contributed by atoms with Gasteiger partial charge in [0.1, 0.15) is 0 Å². The molecule has 4 nitrogen and oxygen atoms in total. The number of hydrogen-bond acceptors (Lipinski definition) is 3. The second-order valence-electron chi connectivity index (χ2n) is 5.33. The molecule has 0 saturated carbocycles. The Morgan fingerprint density at radius 1 is 1.38 bits per heavy atom. The van der Waals surface area contributed by atoms with Crippen molar-refractivity contribution in [3.05, 3.63) is 32.7 Å². The van der Waals surface area contributed by atoms with Crippen molar-refractivity contribution in [2.45, 2.75) is 18.4 Å². The van der Waals surface area contributed by atoms with E-state index in [1.807, 2.05) is 12.1 Å². The number of halogens is 2. The van der Waals surface area contributed by atoms with Crippen molar-refractivity contribution in [3.63, 3.8) is 0 Å². The molecule has 1 saturated heterocycles. The summed E-state index contributed by atoms with van der Waals surface area (Å²) in [5.41, 5.74) is 5.90. The molecular formula is C14H17Br2N3OS. The SMILES string of the molecule is CN1CCC(NC(=O)c2ccc(Br)cc2Br)(C(N)=S)CC1. The van der Waals surface area contributed by atoms with Crippen molar-refractivity contribution in [2.75, 3.05) is 20.1 Å². The van der Waals surface area contributed by atoms with Gasteiger partial charge in [-0.05, 0) is 54.0 Å². The van der Waals surface area contributed by atoms with Crippen LogP contribution in [0.5, 0.6) is 0 Å². The maximum atomic E-state index is 12.6. The number of benzene rings is 1. The van der Waals surface area contributed by atoms with Crippen LogP contribution in [-0.2, 0) is 0 Å². The van der Waals surface area contributed by atoms with Crippen molar-refractivity contribution < 1.29 is 4.79 Å². The van der Waals surface area contributed by atoms with Crippen LogP contribution in [-0.4, -0.2) is 41.5 Å². The van der Waals surface area contributed by atoms with E-state index in [9.17, 15) is 4.79 Å². The quantitative estimate of drug-likeness (QED) is 0.718. The van der Waals surface area contributed by atoms with E-state index >= 15 is 0 Å². The number of amides is 1. The smallest absolute Gasteiger partial charge is 0.253 e. The summed E-state index contributed by atoms with van der Waals surface area (Å²) < 4.78 is 1.65. The fourth-order valence-corrected chi connectivity index (χ4v) is 3.87. The van der Waals surface area contributed by atoms with Crippen LogP contribution in [0.2, 0.25) is 0 Å². The van der Waals surface area contributed by atoms with Crippen molar-refractivity contribution in [1.29, 1.82) is 0 Å². The molecule has 1 amide bonds. The average Bonchev–Trinajstić information content (AvgIpc) is 2.41. The van der Waals surface area contributed by atoms with E-state index in [1.54, 1.807) is 6.07 Å². The van der Waals surface area contributed by atoms with Crippen LogP contribution < -0.4 is 11.1 Å². The van der Waals surface area contributed by atoms with Gasteiger partial charge in [0, 0.05) is 22.0 Å². The Balaban J connectivity index is 2.21. The van der Waals surface area contributed by atoms with E-state index in [2.05, 4.69) is 49.1 Å². The minimum Gasteiger partial charge on any atom is -0.391 e. The van der Waals surface area contributed by atoms with E-state index in [0.29, 0.717) is 10.6 Å². The minimum atomic E-state index is -0.592. The topological polar surface area (TPSA) is 58.4 Å². The summed E-state index contributed by atoms with van der Waals surface area (Å²) in [6.45, 7) is 1.72. The fourth-order valence-electron chi connectivity index (χ4n) is 2.39. The molecular weight excluding hydrogens is 418 g/mol. The van der Waals surface area contributed by atoms with Gasteiger partial charge in [-0.3, -0.25) is 4.79 Å². The number of rotatable bonds is 3. The number of thiocarbonyl (C=S) groups is 1. The highest BCUT2D eigenvalue weighted by molar-refractivity contribution is 9.11. The third-order valence-corrected chi connectivity index (χ3v) is 5.38. The van der Waals surface area contributed by atoms with Crippen molar-refractivity contribution in [1.82, 2.24) is 10.2 Å². The number of nitrogens with one attached hydrogen (secondary N) is 1. The first-order valence-corrected chi connectivity index (χ1v) is 8.59. The van der Waals surface area contributed by atoms with Crippen LogP contribution >= 0.6 is 44.1 Å². The molecule has 0 unspecified atom stereocenters. The number of likely N-dealkylation sites (tertiary alicyclic amines) is 1. The summed E-state index contributed by atoms with van der Waals surface area (Å²) in [5.74, 6) is -0.160. The highest BCUT2D eigenvalue weighted by atomic mass is 79.9. The van der Waals surface area contributed by atoms with Gasteiger partial charge in [-0.25, -0.2) is 0 Å². The Morgan fingerprint density at radius 2 is 2.00 bits per heavy atom. The molecule has 1 fully saturated rings. The van der Waals surface area contributed by atoms with Gasteiger partial charge in [-0.2, -0.15) is 0 Å². The maximum absolute atomic E-state index is 12.6. The molecule has 2 rings (SSSR count). The third kappa shape index (κ3) is 3.83. The highest BCUT2D eigenvalue weighted by Gasteiger charge is 2.38. The normalized spacial score (nSPS) is 18.2. The monoisotopic (exact) mass is 433 g/mol. The molecule has 1 aromatic rings. The molecule has 1 aromatic carbocycles. The zero-order valence-electron chi connectivity index (χ0n) is 11.7. The second kappa shape index (κ2) is 6.73. The zero-order chi connectivity index (χ0) is 15.6. The van der Waals surface area contributed by atoms with Gasteiger partial charge in [-0.1, -0.05) is 28.1 Å². The summed E-state index contributed by atoms with van der Waals surface area (Å²) >= 11 is 12.0. The number of hydrogen-bond donors (Lipinski definition) is 2. The van der Waals surface area contributed by atoms with Crippen molar-refractivity contribution >= 4 is 55.0 Å². The zero-order valence-corrected chi connectivity index (χ0v) is 15.6. The summed E-state index contributed by atoms with van der Waals surface area (Å²) in [7, 11) is 2.05. The Kier molecular flexibility index (Phi) is 5.40. The van der Waals surface area contributed by atoms with E-state index in [4.69, 9.17) is 18.0 Å². The van der Waals surface area contributed by atoms with E-state index in [0.717, 1.165) is 34.9 Å². The molecule has 7 heteroatoms. The molecule has 0 aliphatic carbocycles. The molecule has 1 heterocycles. The number of nitrogens with two attached hydrogens (primary N) is 1. The van der Waals surface area contributed by atoms with Crippen LogP contribution in [0, 0.1) is 0 Å². The molecule has 0 atom stereocenters. The fraction of sp³-hybridized carbons (Fsp3) is 0.429. The first kappa shape index (κ1) is 16.9. The minimum absolute atomic E-state index is 0.160. The summed E-state index contributed by atoms with van der Waals surface area (Å²) in [5, 5.41) is 3.05. The summed E-state index contributed by atoms with van der Waals surface area (Å²) in [6.07, 6.45) is 1.47. The van der Waals surface area contributed by atoms with Gasteiger partial charge < -0.3 is 16.0 Å². The standard InChI is InChI=1S/C14H17Br2N3OS/c1-19-6-4-14(5-7-19,13(17)21)18-12(20)10-3-2-9(15)8-11(10)16/h2-3,8H,4-7H2,1H3,(H2,17,21)(H,18,20). The molecule has 0 radical (unpaired) electrons. The molecule has 114 valence electrons. The number of nitrogens with zero attached hydrogens (tertiary/aromatic N) is 1. The summed E-state index contributed by atoms with van der Waals surface area (Å²) in [6, 6.07) is 5.45. The Labute approximate surface area is 146 Å². The lowest BCUT2D eigenvalue weighted by Gasteiger charge is -2.40. The van der Waals surface area contributed by atoms with Crippen molar-refractivity contribution in [3.8, 4) is 0 Å². The predicted octanol–water partition coefficient (Wildman–Crippen LogP) is 2.69. The lowest BCUT2D eigenvalue weighted by molar-refractivity contribution is 0.0889. The molecule has 1 aliphatic heterocycles. The van der Waals surface area contributed by atoms with Crippen molar-refractivity contribution in [2.24, 2.45) is 5.73 Å². The molecule has 0 bridgehead atoms. The van der Waals surface area contributed by atoms with Crippen LogP contribution in [0.1, 0.15) is 23.2 Å². The second-order valence-corrected chi connectivity index (χ2v) is 7.54. The molecule has 0 aromatic heterocycles. The van der Waals surface area contributed by atoms with Gasteiger partial charge >= 0.3 is 0 Å². The van der Waals surface area contributed by atoms with Gasteiger partial charge in [0.2, 0.25) is 0 Å². The lowest BCUT2D eigenvalue weighted by atomic mass is 9.87. The van der Waals surface area contributed by atoms with Gasteiger partial charge in [0.15, 0.2) is 0 Å². The largest absolute Gasteiger partial charge is 0.391 e. The van der Waals surface area contributed by atoms with E-state index in [-0.39, 0.29) is 5.91 Å². The Morgan fingerprint density at radius 3 is 2.52 bits per heavy atom. The number of carbonyl (C=O) groups excluding carboxylic acids is 1. The lowest BCUT2D eigenvalue weighted by Crippen LogP contribution is -2.61. The maximum Gasteiger partial charge on any atom is 0.253 e. The number of carbonyl (C=O) groups is 1. The van der Waals surface area contributed by atoms with Crippen LogP contribution in [0.15, 0.2) is 27.1 Å². The van der Waals surface area contributed by atoms with E-state index < -0.39 is 5.54 Å². The predicted molar refractivity (Wildman–Crippen MR) is 95.6 cm³/mol. The van der Waals surface area contributed by atoms with Crippen LogP contribution in [0.4, 0.5) is 0 Å². The van der Waals surface area contributed by atoms with E-state index in [1.165, 1.54) is 0 Å². The average molecular weight is 435 g/mol. The first-order valence-electron chi connectivity index (χ1n) is 6.60. The highest BCUT2D eigenvalue weighted by Crippen LogP contribution is 2.26. The summed E-state index contributed by atoms with van der Waals surface area (Å²) in [4.78, 5) is 15.1. The molecule has 3 N–H and O–H groups in total. The molecule has 21 heavy (non-hydrogen) atoms. The van der Waals surface area contributed by atoms with Crippen LogP contribution in [0.3, 0.4) is 0 Å². The Bertz CT molecular complexity index is 571. The third-order valence-electron chi connectivity index (χ3n) is 3.84. The van der Waals surface area contributed by atoms with Crippen LogP contribution in [0.25, 0.3) is 0 Å². The van der Waals surface area contributed by atoms with Gasteiger partial charge in [0.25, 0.3) is 5.91 Å². The number of piperidine rings is 1. The molecule has 1 aliphatic rings. The first-order chi connectivity index (χ1) is 9.84. The molecule has 0 spiro atoms. The van der Waals surface area contributed by atoms with Gasteiger partial charge in [0.05, 0.1) is 16.1 Å². The Hall–Kier alpha value is -0.500.